The number of allylic oxidation sites excluding steroid dienone is 1. The second-order valence-electron chi connectivity index (χ2n) is 5.63. The van der Waals surface area contributed by atoms with Gasteiger partial charge in [-0.3, -0.25) is 4.79 Å². The molecule has 0 unspecified atom stereocenters. The number of carbonyl (C=O) groups excluding carboxylic acids is 2. The van der Waals surface area contributed by atoms with E-state index in [1.807, 2.05) is 0 Å². The molecule has 0 saturated carbocycles. The van der Waals surface area contributed by atoms with Crippen molar-refractivity contribution in [1.29, 1.82) is 0 Å². The zero-order valence-electron chi connectivity index (χ0n) is 14.3. The molecular formula is C20H17FO5. The first-order valence-corrected chi connectivity index (χ1v) is 8.15. The summed E-state index contributed by atoms with van der Waals surface area (Å²) in [7, 11) is 0. The monoisotopic (exact) mass is 356 g/mol. The average molecular weight is 356 g/mol. The van der Waals surface area contributed by atoms with Gasteiger partial charge in [-0.15, -0.1) is 0 Å². The molecule has 2 aromatic carbocycles. The third kappa shape index (κ3) is 3.59. The molecule has 0 spiro atoms. The van der Waals surface area contributed by atoms with Gasteiger partial charge in [0, 0.05) is 11.6 Å². The first-order chi connectivity index (χ1) is 12.5. The van der Waals surface area contributed by atoms with E-state index in [-0.39, 0.29) is 23.7 Å². The Bertz CT molecular complexity index is 888. The molecule has 0 amide bonds. The zero-order valence-corrected chi connectivity index (χ0v) is 14.3. The highest BCUT2D eigenvalue weighted by atomic mass is 19.1. The van der Waals surface area contributed by atoms with Crippen LogP contribution in [-0.4, -0.2) is 24.5 Å². The normalized spacial score (nSPS) is 15.3. The molecule has 26 heavy (non-hydrogen) atoms. The van der Waals surface area contributed by atoms with Crippen LogP contribution in [0.2, 0.25) is 0 Å². The maximum Gasteiger partial charge on any atom is 0.347 e. The minimum absolute atomic E-state index is 0.0284. The van der Waals surface area contributed by atoms with Crippen LogP contribution in [0, 0.1) is 5.82 Å². The van der Waals surface area contributed by atoms with Crippen molar-refractivity contribution in [2.45, 2.75) is 20.0 Å². The molecule has 6 heteroatoms. The molecule has 1 atom stereocenters. The molecular weight excluding hydrogens is 339 g/mol. The molecule has 1 aliphatic rings. The van der Waals surface area contributed by atoms with Crippen molar-refractivity contribution in [2.24, 2.45) is 0 Å². The molecule has 0 saturated heterocycles. The summed E-state index contributed by atoms with van der Waals surface area (Å²) in [6.07, 6.45) is 0.568. The number of fused-ring (bicyclic) bond motifs is 1. The fraction of sp³-hybridized carbons (Fsp3) is 0.200. The number of carbonyl (C=O) groups is 2. The van der Waals surface area contributed by atoms with Crippen LogP contribution in [0.1, 0.15) is 29.8 Å². The van der Waals surface area contributed by atoms with Gasteiger partial charge in [0.15, 0.2) is 11.9 Å². The van der Waals surface area contributed by atoms with Crippen molar-refractivity contribution in [3.8, 4) is 11.5 Å². The maximum atomic E-state index is 13.8. The van der Waals surface area contributed by atoms with E-state index in [1.54, 1.807) is 44.2 Å². The van der Waals surface area contributed by atoms with Crippen LogP contribution in [-0.2, 0) is 9.53 Å². The Balaban J connectivity index is 1.80. The van der Waals surface area contributed by atoms with E-state index in [4.69, 9.17) is 14.2 Å². The minimum atomic E-state index is -0.793. The summed E-state index contributed by atoms with van der Waals surface area (Å²) in [6.45, 7) is 3.54. The Morgan fingerprint density at radius 1 is 1.27 bits per heavy atom. The highest BCUT2D eigenvalue weighted by molar-refractivity contribution is 6.14. The van der Waals surface area contributed by atoms with Gasteiger partial charge in [-0.1, -0.05) is 18.2 Å². The lowest BCUT2D eigenvalue weighted by atomic mass is 10.1. The minimum Gasteiger partial charge on any atom is -0.479 e. The van der Waals surface area contributed by atoms with Crippen LogP contribution in [0.5, 0.6) is 11.5 Å². The van der Waals surface area contributed by atoms with Crippen molar-refractivity contribution in [3.63, 3.8) is 0 Å². The van der Waals surface area contributed by atoms with Crippen molar-refractivity contribution >= 4 is 17.8 Å². The summed E-state index contributed by atoms with van der Waals surface area (Å²) in [6, 6.07) is 10.7. The molecule has 1 aliphatic heterocycles. The number of rotatable bonds is 5. The van der Waals surface area contributed by atoms with E-state index in [0.29, 0.717) is 17.1 Å². The molecule has 0 N–H and O–H groups in total. The summed E-state index contributed by atoms with van der Waals surface area (Å²) in [5.74, 6) is -0.575. The van der Waals surface area contributed by atoms with Crippen LogP contribution in [0.4, 0.5) is 4.39 Å². The summed E-state index contributed by atoms with van der Waals surface area (Å²) in [4.78, 5) is 24.1. The van der Waals surface area contributed by atoms with E-state index in [2.05, 4.69) is 0 Å². The Labute approximate surface area is 150 Å². The van der Waals surface area contributed by atoms with E-state index in [0.717, 1.165) is 0 Å². The Morgan fingerprint density at radius 3 is 2.77 bits per heavy atom. The largest absolute Gasteiger partial charge is 0.479 e. The van der Waals surface area contributed by atoms with Gasteiger partial charge in [-0.25, -0.2) is 9.18 Å². The van der Waals surface area contributed by atoms with E-state index < -0.39 is 17.9 Å². The lowest BCUT2D eigenvalue weighted by Gasteiger charge is -2.13. The van der Waals surface area contributed by atoms with Gasteiger partial charge in [0.1, 0.15) is 17.3 Å². The third-order valence-electron chi connectivity index (χ3n) is 3.76. The number of ether oxygens (including phenoxy) is 3. The average Bonchev–Trinajstić information content (AvgIpc) is 2.92. The van der Waals surface area contributed by atoms with Crippen molar-refractivity contribution in [3.05, 3.63) is 65.2 Å². The van der Waals surface area contributed by atoms with Crippen molar-refractivity contribution in [1.82, 2.24) is 0 Å². The molecule has 0 fully saturated rings. The topological polar surface area (TPSA) is 61.8 Å². The lowest BCUT2D eigenvalue weighted by molar-refractivity contribution is -0.150. The summed E-state index contributed by atoms with van der Waals surface area (Å²) in [5, 5.41) is 0. The van der Waals surface area contributed by atoms with Gasteiger partial charge in [0.2, 0.25) is 5.78 Å². The first kappa shape index (κ1) is 17.7. The van der Waals surface area contributed by atoms with Crippen molar-refractivity contribution in [2.75, 3.05) is 6.61 Å². The molecule has 0 aromatic heterocycles. The molecule has 1 heterocycles. The van der Waals surface area contributed by atoms with E-state index in [1.165, 1.54) is 18.2 Å². The molecule has 5 nitrogen and oxygen atoms in total. The van der Waals surface area contributed by atoms with Gasteiger partial charge >= 0.3 is 5.97 Å². The van der Waals surface area contributed by atoms with Crippen LogP contribution >= 0.6 is 0 Å². The number of ketones is 1. The highest BCUT2D eigenvalue weighted by Crippen LogP contribution is 2.35. The summed E-state index contributed by atoms with van der Waals surface area (Å²) in [5.41, 5.74) is 0.611. The Kier molecular flexibility index (Phi) is 5.02. The van der Waals surface area contributed by atoms with Crippen molar-refractivity contribution < 1.29 is 28.2 Å². The molecule has 0 bridgehead atoms. The summed E-state index contributed by atoms with van der Waals surface area (Å²) < 4.78 is 29.7. The fourth-order valence-corrected chi connectivity index (χ4v) is 2.49. The number of esters is 1. The predicted octanol–water partition coefficient (Wildman–Crippen LogP) is 3.77. The van der Waals surface area contributed by atoms with Crippen LogP contribution in [0.3, 0.4) is 0 Å². The lowest BCUT2D eigenvalue weighted by Crippen LogP contribution is -2.26. The van der Waals surface area contributed by atoms with Gasteiger partial charge < -0.3 is 14.2 Å². The molecule has 134 valence electrons. The molecule has 0 aliphatic carbocycles. The van der Waals surface area contributed by atoms with Crippen LogP contribution in [0.25, 0.3) is 6.08 Å². The zero-order chi connectivity index (χ0) is 18.7. The van der Waals surface area contributed by atoms with E-state index >= 15 is 0 Å². The smallest absolute Gasteiger partial charge is 0.347 e. The standard InChI is InChI=1S/C20H17FO5/c1-3-24-20(23)12(2)25-14-8-9-15-17(11-14)26-18(19(15)22)10-13-6-4-5-7-16(13)21/h4-12H,3H2,1-2H3/b18-10+/t12-/m0/s1. The number of halogens is 1. The van der Waals surface area contributed by atoms with E-state index in [9.17, 15) is 14.0 Å². The second kappa shape index (κ2) is 7.39. The van der Waals surface area contributed by atoms with Crippen LogP contribution in [0.15, 0.2) is 48.2 Å². The number of benzene rings is 2. The Hall–Kier alpha value is -3.15. The number of hydrogen-bond donors (Lipinski definition) is 0. The maximum absolute atomic E-state index is 13.8. The first-order valence-electron chi connectivity index (χ1n) is 8.15. The Morgan fingerprint density at radius 2 is 2.04 bits per heavy atom. The summed E-state index contributed by atoms with van der Waals surface area (Å²) >= 11 is 0. The van der Waals surface area contributed by atoms with Crippen LogP contribution < -0.4 is 9.47 Å². The quantitative estimate of drug-likeness (QED) is 0.603. The molecule has 2 aromatic rings. The van der Waals surface area contributed by atoms with Gasteiger partial charge in [-0.2, -0.15) is 0 Å². The predicted molar refractivity (Wildman–Crippen MR) is 92.5 cm³/mol. The fourth-order valence-electron chi connectivity index (χ4n) is 2.49. The third-order valence-corrected chi connectivity index (χ3v) is 3.76. The van der Waals surface area contributed by atoms with Gasteiger partial charge in [0.05, 0.1) is 12.2 Å². The molecule has 0 radical (unpaired) electrons. The van der Waals surface area contributed by atoms with Gasteiger partial charge in [-0.05, 0) is 38.1 Å². The highest BCUT2D eigenvalue weighted by Gasteiger charge is 2.28. The molecule has 3 rings (SSSR count). The number of hydrogen-bond acceptors (Lipinski definition) is 5. The SMILES string of the molecule is CCOC(=O)[C@H](C)Oc1ccc2c(c1)O/C(=C/c1ccccc1F)C2=O. The second-order valence-corrected chi connectivity index (χ2v) is 5.63. The van der Waals surface area contributed by atoms with Gasteiger partial charge in [0.25, 0.3) is 0 Å². The number of Topliss-reactive ketones (excluding diaryl/α,β-unsaturated/α-hetero) is 1.